The number of amides is 1. The SMILES string of the molecule is CCC(C)OC(=O)C(C)Sc1cc(NC(=O)CC(C)C)c(F)cc1Cl. The summed E-state index contributed by atoms with van der Waals surface area (Å²) in [6.45, 7) is 9.26. The molecule has 1 amide bonds. The van der Waals surface area contributed by atoms with Crippen molar-refractivity contribution in [3.05, 3.63) is 23.0 Å². The molecule has 0 radical (unpaired) electrons. The normalized spacial score (nSPS) is 13.4. The van der Waals surface area contributed by atoms with Crippen LogP contribution in [0.15, 0.2) is 17.0 Å². The van der Waals surface area contributed by atoms with Crippen molar-refractivity contribution < 1.29 is 18.7 Å². The molecule has 7 heteroatoms. The fourth-order valence-corrected chi connectivity index (χ4v) is 3.08. The van der Waals surface area contributed by atoms with Crippen molar-refractivity contribution >= 4 is 40.9 Å². The number of rotatable bonds is 8. The highest BCUT2D eigenvalue weighted by Crippen LogP contribution is 2.35. The molecule has 0 aliphatic heterocycles. The molecule has 0 fully saturated rings. The molecule has 1 aromatic carbocycles. The Hall–Kier alpha value is -1.27. The molecule has 0 aromatic heterocycles. The molecule has 0 aliphatic carbocycles. The Labute approximate surface area is 157 Å². The van der Waals surface area contributed by atoms with Crippen LogP contribution in [-0.4, -0.2) is 23.2 Å². The van der Waals surface area contributed by atoms with Crippen LogP contribution in [0.1, 0.15) is 47.5 Å². The fraction of sp³-hybridized carbons (Fsp3) is 0.556. The third-order valence-corrected chi connectivity index (χ3v) is 4.98. The van der Waals surface area contributed by atoms with Gasteiger partial charge in [0.15, 0.2) is 0 Å². The minimum Gasteiger partial charge on any atom is -0.462 e. The first kappa shape index (κ1) is 21.8. The smallest absolute Gasteiger partial charge is 0.319 e. The monoisotopic (exact) mass is 389 g/mol. The zero-order valence-corrected chi connectivity index (χ0v) is 16.8. The van der Waals surface area contributed by atoms with Gasteiger partial charge in [-0.1, -0.05) is 32.4 Å². The van der Waals surface area contributed by atoms with Crippen LogP contribution in [0.5, 0.6) is 0 Å². The molecule has 1 aromatic rings. The van der Waals surface area contributed by atoms with Crippen LogP contribution < -0.4 is 5.32 Å². The van der Waals surface area contributed by atoms with Gasteiger partial charge in [0.25, 0.3) is 0 Å². The summed E-state index contributed by atoms with van der Waals surface area (Å²) in [4.78, 5) is 24.4. The quantitative estimate of drug-likeness (QED) is 0.485. The average Bonchev–Trinajstić information content (AvgIpc) is 2.50. The Balaban J connectivity index is 2.87. The van der Waals surface area contributed by atoms with E-state index >= 15 is 0 Å². The van der Waals surface area contributed by atoms with E-state index in [1.54, 1.807) is 6.92 Å². The minimum absolute atomic E-state index is 0.0556. The summed E-state index contributed by atoms with van der Waals surface area (Å²) in [5, 5.41) is 2.23. The largest absolute Gasteiger partial charge is 0.462 e. The maximum atomic E-state index is 14.0. The summed E-state index contributed by atoms with van der Waals surface area (Å²) in [6.07, 6.45) is 0.861. The topological polar surface area (TPSA) is 55.4 Å². The van der Waals surface area contributed by atoms with Crippen molar-refractivity contribution in [2.75, 3.05) is 5.32 Å². The highest BCUT2D eigenvalue weighted by Gasteiger charge is 2.21. The van der Waals surface area contributed by atoms with Gasteiger partial charge in [0.2, 0.25) is 5.91 Å². The molecular formula is C18H25ClFNO3S. The molecule has 1 rings (SSSR count). The number of hydrogen-bond acceptors (Lipinski definition) is 4. The van der Waals surface area contributed by atoms with Crippen molar-refractivity contribution in [2.45, 2.75) is 63.7 Å². The van der Waals surface area contributed by atoms with Gasteiger partial charge in [0.1, 0.15) is 11.1 Å². The van der Waals surface area contributed by atoms with E-state index in [0.717, 1.165) is 12.5 Å². The lowest BCUT2D eigenvalue weighted by Gasteiger charge is -2.16. The minimum atomic E-state index is -0.610. The van der Waals surface area contributed by atoms with Crippen LogP contribution in [-0.2, 0) is 14.3 Å². The summed E-state index contributed by atoms with van der Waals surface area (Å²) >= 11 is 7.25. The molecule has 0 saturated carbocycles. The number of anilines is 1. The van der Waals surface area contributed by atoms with Crippen LogP contribution >= 0.6 is 23.4 Å². The number of ether oxygens (including phenoxy) is 1. The van der Waals surface area contributed by atoms with Gasteiger partial charge in [-0.15, -0.1) is 11.8 Å². The van der Waals surface area contributed by atoms with E-state index in [1.165, 1.54) is 17.8 Å². The fourth-order valence-electron chi connectivity index (χ4n) is 1.90. The zero-order valence-electron chi connectivity index (χ0n) is 15.2. The van der Waals surface area contributed by atoms with Crippen LogP contribution in [0.2, 0.25) is 5.02 Å². The lowest BCUT2D eigenvalue weighted by atomic mass is 10.1. The standard InChI is InChI=1S/C18H25ClFNO3S/c1-6-11(4)24-18(23)12(5)25-16-9-15(14(20)8-13(16)19)21-17(22)7-10(2)3/h8-12H,6-7H2,1-5H3,(H,21,22). The number of carbonyl (C=O) groups is 2. The summed E-state index contributed by atoms with van der Waals surface area (Å²) in [5.74, 6) is -1.07. The van der Waals surface area contributed by atoms with Crippen LogP contribution in [0.3, 0.4) is 0 Å². The molecule has 0 aliphatic rings. The molecule has 25 heavy (non-hydrogen) atoms. The number of halogens is 2. The van der Waals surface area contributed by atoms with Gasteiger partial charge in [-0.25, -0.2) is 4.39 Å². The van der Waals surface area contributed by atoms with E-state index in [1.807, 2.05) is 27.7 Å². The number of esters is 1. The lowest BCUT2D eigenvalue weighted by molar-refractivity contribution is -0.147. The molecule has 4 nitrogen and oxygen atoms in total. The van der Waals surface area contributed by atoms with Crippen molar-refractivity contribution in [2.24, 2.45) is 5.92 Å². The van der Waals surface area contributed by atoms with Gasteiger partial charge in [-0.3, -0.25) is 9.59 Å². The van der Waals surface area contributed by atoms with Crippen molar-refractivity contribution in [1.29, 1.82) is 0 Å². The number of hydrogen-bond donors (Lipinski definition) is 1. The first-order valence-electron chi connectivity index (χ1n) is 8.30. The maximum Gasteiger partial charge on any atom is 0.319 e. The Kier molecular flexibility index (Phi) is 8.73. The average molecular weight is 390 g/mol. The second-order valence-electron chi connectivity index (χ2n) is 6.32. The summed E-state index contributed by atoms with van der Waals surface area (Å²) in [7, 11) is 0. The number of carbonyl (C=O) groups excluding carboxylic acids is 2. The highest BCUT2D eigenvalue weighted by molar-refractivity contribution is 8.00. The van der Waals surface area contributed by atoms with Gasteiger partial charge in [-0.2, -0.15) is 0 Å². The van der Waals surface area contributed by atoms with Crippen LogP contribution in [0, 0.1) is 11.7 Å². The molecule has 0 saturated heterocycles. The Morgan fingerprint density at radius 2 is 1.92 bits per heavy atom. The number of thioether (sulfide) groups is 1. The summed E-state index contributed by atoms with van der Waals surface area (Å²) in [5.41, 5.74) is 0.0556. The van der Waals surface area contributed by atoms with Crippen molar-refractivity contribution in [3.8, 4) is 0 Å². The zero-order chi connectivity index (χ0) is 19.1. The first-order valence-corrected chi connectivity index (χ1v) is 9.55. The molecule has 1 N–H and O–H groups in total. The predicted octanol–water partition coefficient (Wildman–Crippen LogP) is 5.29. The van der Waals surface area contributed by atoms with Crippen LogP contribution in [0.4, 0.5) is 10.1 Å². The second-order valence-corrected chi connectivity index (χ2v) is 8.11. The van der Waals surface area contributed by atoms with Gasteiger partial charge in [-0.05, 0) is 38.3 Å². The Bertz CT molecular complexity index is 625. The second kappa shape index (κ2) is 10.0. The molecular weight excluding hydrogens is 365 g/mol. The Morgan fingerprint density at radius 1 is 1.28 bits per heavy atom. The third-order valence-electron chi connectivity index (χ3n) is 3.42. The summed E-state index contributed by atoms with van der Waals surface area (Å²) < 4.78 is 19.3. The van der Waals surface area contributed by atoms with E-state index in [9.17, 15) is 14.0 Å². The predicted molar refractivity (Wildman–Crippen MR) is 101 cm³/mol. The third kappa shape index (κ3) is 7.24. The number of nitrogens with one attached hydrogen (secondary N) is 1. The van der Waals surface area contributed by atoms with Gasteiger partial charge >= 0.3 is 5.97 Å². The molecule has 2 atom stereocenters. The lowest BCUT2D eigenvalue weighted by Crippen LogP contribution is -2.22. The van der Waals surface area contributed by atoms with Gasteiger partial charge < -0.3 is 10.1 Å². The molecule has 0 bridgehead atoms. The van der Waals surface area contributed by atoms with E-state index in [2.05, 4.69) is 5.32 Å². The number of benzene rings is 1. The van der Waals surface area contributed by atoms with Gasteiger partial charge in [0.05, 0.1) is 16.8 Å². The molecule has 2 unspecified atom stereocenters. The first-order chi connectivity index (χ1) is 11.6. The highest BCUT2D eigenvalue weighted by atomic mass is 35.5. The summed E-state index contributed by atoms with van der Waals surface area (Å²) in [6, 6.07) is 2.59. The maximum absolute atomic E-state index is 14.0. The van der Waals surface area contributed by atoms with Crippen molar-refractivity contribution in [3.63, 3.8) is 0 Å². The van der Waals surface area contributed by atoms with E-state index in [0.29, 0.717) is 11.3 Å². The van der Waals surface area contributed by atoms with Gasteiger partial charge in [0, 0.05) is 11.3 Å². The van der Waals surface area contributed by atoms with E-state index in [-0.39, 0.29) is 34.6 Å². The van der Waals surface area contributed by atoms with Crippen LogP contribution in [0.25, 0.3) is 0 Å². The van der Waals surface area contributed by atoms with E-state index in [4.69, 9.17) is 16.3 Å². The van der Waals surface area contributed by atoms with E-state index < -0.39 is 11.1 Å². The molecule has 140 valence electrons. The Morgan fingerprint density at radius 3 is 2.48 bits per heavy atom. The molecule has 0 heterocycles. The molecule has 0 spiro atoms. The van der Waals surface area contributed by atoms with Crippen molar-refractivity contribution in [1.82, 2.24) is 0 Å².